The van der Waals surface area contributed by atoms with Crippen molar-refractivity contribution in [1.82, 2.24) is 4.90 Å². The molecule has 0 aliphatic rings. The van der Waals surface area contributed by atoms with Crippen molar-refractivity contribution in [1.29, 1.82) is 0 Å². The lowest BCUT2D eigenvalue weighted by Gasteiger charge is -2.33. The van der Waals surface area contributed by atoms with Gasteiger partial charge in [-0.1, -0.05) is 20.8 Å². The van der Waals surface area contributed by atoms with Crippen LogP contribution in [0.3, 0.4) is 0 Å². The summed E-state index contributed by atoms with van der Waals surface area (Å²) >= 11 is 0. The Morgan fingerprint density at radius 3 is 2.00 bits per heavy atom. The molecule has 102 valence electrons. The fourth-order valence-corrected chi connectivity index (χ4v) is 1.51. The lowest BCUT2D eigenvalue weighted by Crippen LogP contribution is -2.44. The summed E-state index contributed by atoms with van der Waals surface area (Å²) in [5.41, 5.74) is -0.448. The summed E-state index contributed by atoms with van der Waals surface area (Å²) < 4.78 is 5.27. The Bertz CT molecular complexity index is 250. The van der Waals surface area contributed by atoms with Gasteiger partial charge in [0.15, 0.2) is 0 Å². The number of rotatable bonds is 3. The van der Waals surface area contributed by atoms with E-state index in [1.807, 2.05) is 20.8 Å². The van der Waals surface area contributed by atoms with Gasteiger partial charge in [-0.15, -0.1) is 0 Å². The van der Waals surface area contributed by atoms with Crippen molar-refractivity contribution in [3.63, 3.8) is 0 Å². The van der Waals surface area contributed by atoms with Gasteiger partial charge in [0.25, 0.3) is 0 Å². The smallest absolute Gasteiger partial charge is 0.410 e. The quantitative estimate of drug-likeness (QED) is 0.831. The molecule has 0 fully saturated rings. The van der Waals surface area contributed by atoms with Gasteiger partial charge in [-0.3, -0.25) is 0 Å². The normalized spacial score (nSPS) is 14.4. The second-order valence-electron chi connectivity index (χ2n) is 6.69. The van der Waals surface area contributed by atoms with Crippen LogP contribution in [0.5, 0.6) is 0 Å². The highest BCUT2D eigenvalue weighted by Gasteiger charge is 2.27. The fraction of sp³-hybridized carbons (Fsp3) is 0.923. The fourth-order valence-electron chi connectivity index (χ4n) is 1.51. The Kier molecular flexibility index (Phi) is 5.46. The first-order valence-electron chi connectivity index (χ1n) is 6.03. The predicted molar refractivity (Wildman–Crippen MR) is 68.9 cm³/mol. The van der Waals surface area contributed by atoms with Crippen molar-refractivity contribution in [2.24, 2.45) is 5.41 Å². The van der Waals surface area contributed by atoms with Crippen molar-refractivity contribution in [3.05, 3.63) is 0 Å². The maximum absolute atomic E-state index is 11.8. The van der Waals surface area contributed by atoms with Crippen LogP contribution in [0.2, 0.25) is 0 Å². The van der Waals surface area contributed by atoms with Crippen LogP contribution in [-0.4, -0.2) is 41.4 Å². The number of hydrogen-bond donors (Lipinski definition) is 1. The van der Waals surface area contributed by atoms with Gasteiger partial charge in [0, 0.05) is 7.05 Å². The van der Waals surface area contributed by atoms with Gasteiger partial charge < -0.3 is 14.7 Å². The van der Waals surface area contributed by atoms with Gasteiger partial charge >= 0.3 is 6.09 Å². The second kappa shape index (κ2) is 5.71. The third-order valence-corrected chi connectivity index (χ3v) is 2.29. The highest BCUT2D eigenvalue weighted by molar-refractivity contribution is 5.68. The average molecular weight is 245 g/mol. The summed E-state index contributed by atoms with van der Waals surface area (Å²) in [5, 5.41) is 9.36. The minimum atomic E-state index is -0.507. The monoisotopic (exact) mass is 245 g/mol. The molecule has 0 spiro atoms. The molecule has 1 unspecified atom stereocenters. The summed E-state index contributed by atoms with van der Waals surface area (Å²) in [7, 11) is 1.67. The van der Waals surface area contributed by atoms with Gasteiger partial charge in [-0.25, -0.2) is 4.79 Å². The van der Waals surface area contributed by atoms with Crippen LogP contribution in [-0.2, 0) is 4.74 Å². The number of nitrogens with zero attached hydrogens (tertiary/aromatic N) is 1. The van der Waals surface area contributed by atoms with E-state index in [0.29, 0.717) is 0 Å². The van der Waals surface area contributed by atoms with E-state index in [-0.39, 0.29) is 24.2 Å². The van der Waals surface area contributed by atoms with Crippen LogP contribution in [0.25, 0.3) is 0 Å². The van der Waals surface area contributed by atoms with Gasteiger partial charge in [0.05, 0.1) is 12.6 Å². The zero-order valence-electron chi connectivity index (χ0n) is 12.2. The number of carbonyl (C=O) groups excluding carboxylic acids is 1. The van der Waals surface area contributed by atoms with Crippen LogP contribution in [0.4, 0.5) is 4.79 Å². The zero-order chi connectivity index (χ0) is 13.9. The van der Waals surface area contributed by atoms with Gasteiger partial charge in [-0.05, 0) is 32.6 Å². The summed E-state index contributed by atoms with van der Waals surface area (Å²) in [6, 6.07) is -0.204. The Balaban J connectivity index is 4.54. The molecule has 0 aromatic rings. The summed E-state index contributed by atoms with van der Waals surface area (Å²) in [6.07, 6.45) is 0.347. The van der Waals surface area contributed by atoms with E-state index in [0.717, 1.165) is 6.42 Å². The first kappa shape index (κ1) is 16.2. The van der Waals surface area contributed by atoms with Crippen LogP contribution in [0.15, 0.2) is 0 Å². The van der Waals surface area contributed by atoms with E-state index in [9.17, 15) is 9.90 Å². The number of aliphatic hydroxyl groups excluding tert-OH is 1. The van der Waals surface area contributed by atoms with Crippen LogP contribution >= 0.6 is 0 Å². The maximum Gasteiger partial charge on any atom is 0.410 e. The van der Waals surface area contributed by atoms with Crippen molar-refractivity contribution in [2.45, 2.75) is 59.6 Å². The molecule has 1 N–H and O–H groups in total. The van der Waals surface area contributed by atoms with Crippen molar-refractivity contribution >= 4 is 6.09 Å². The molecule has 0 saturated heterocycles. The molecule has 0 rings (SSSR count). The molecule has 0 aromatic carbocycles. The van der Waals surface area contributed by atoms with Crippen LogP contribution < -0.4 is 0 Å². The first-order valence-corrected chi connectivity index (χ1v) is 6.03. The molecule has 0 radical (unpaired) electrons. The van der Waals surface area contributed by atoms with Crippen molar-refractivity contribution in [3.8, 4) is 0 Å². The third kappa shape index (κ3) is 7.21. The number of carbonyl (C=O) groups is 1. The molecule has 4 nitrogen and oxygen atoms in total. The summed E-state index contributed by atoms with van der Waals surface area (Å²) in [6.45, 7) is 11.7. The Hall–Kier alpha value is -0.770. The van der Waals surface area contributed by atoms with Crippen molar-refractivity contribution < 1.29 is 14.6 Å². The zero-order valence-corrected chi connectivity index (χ0v) is 12.2. The van der Waals surface area contributed by atoms with Crippen molar-refractivity contribution in [2.75, 3.05) is 13.7 Å². The average Bonchev–Trinajstić information content (AvgIpc) is 2.08. The van der Waals surface area contributed by atoms with E-state index in [1.165, 1.54) is 4.90 Å². The highest BCUT2D eigenvalue weighted by Crippen LogP contribution is 2.23. The van der Waals surface area contributed by atoms with E-state index in [4.69, 9.17) is 4.74 Å². The molecule has 0 aromatic heterocycles. The van der Waals surface area contributed by atoms with E-state index in [1.54, 1.807) is 7.05 Å². The Morgan fingerprint density at radius 1 is 1.24 bits per heavy atom. The molecule has 1 amide bonds. The molecule has 0 heterocycles. The van der Waals surface area contributed by atoms with E-state index < -0.39 is 5.60 Å². The number of ether oxygens (including phenoxy) is 1. The Labute approximate surface area is 105 Å². The largest absolute Gasteiger partial charge is 0.444 e. The number of hydrogen-bond acceptors (Lipinski definition) is 3. The minimum absolute atomic E-state index is 0.0486. The molecular formula is C13H27NO3. The first-order chi connectivity index (χ1) is 7.46. The van der Waals surface area contributed by atoms with Gasteiger partial charge in [-0.2, -0.15) is 0 Å². The SMILES string of the molecule is CN(C(=O)OC(C)(C)C)C(CO)CC(C)(C)C. The molecule has 0 aliphatic carbocycles. The molecule has 17 heavy (non-hydrogen) atoms. The Morgan fingerprint density at radius 2 is 1.71 bits per heavy atom. The highest BCUT2D eigenvalue weighted by atomic mass is 16.6. The molecule has 4 heteroatoms. The number of aliphatic hydroxyl groups is 1. The minimum Gasteiger partial charge on any atom is -0.444 e. The second-order valence-corrected chi connectivity index (χ2v) is 6.69. The molecular weight excluding hydrogens is 218 g/mol. The summed E-state index contributed by atoms with van der Waals surface area (Å²) in [5.74, 6) is 0. The lowest BCUT2D eigenvalue weighted by molar-refractivity contribution is 0.0113. The van der Waals surface area contributed by atoms with E-state index in [2.05, 4.69) is 20.8 Å². The summed E-state index contributed by atoms with van der Waals surface area (Å²) in [4.78, 5) is 13.3. The molecule has 1 atom stereocenters. The van der Waals surface area contributed by atoms with E-state index >= 15 is 0 Å². The number of amides is 1. The maximum atomic E-state index is 11.8. The topological polar surface area (TPSA) is 49.8 Å². The molecule has 0 saturated carbocycles. The molecule has 0 aliphatic heterocycles. The lowest BCUT2D eigenvalue weighted by atomic mass is 9.88. The third-order valence-electron chi connectivity index (χ3n) is 2.29. The van der Waals surface area contributed by atoms with Gasteiger partial charge in [0.2, 0.25) is 0 Å². The van der Waals surface area contributed by atoms with Crippen LogP contribution in [0.1, 0.15) is 48.0 Å². The van der Waals surface area contributed by atoms with Gasteiger partial charge in [0.1, 0.15) is 5.60 Å². The number of likely N-dealkylation sites (N-methyl/N-ethyl adjacent to an activating group) is 1. The van der Waals surface area contributed by atoms with Crippen LogP contribution in [0, 0.1) is 5.41 Å². The predicted octanol–water partition coefficient (Wildman–Crippen LogP) is 2.65. The molecule has 0 bridgehead atoms. The standard InChI is InChI=1S/C13H27NO3/c1-12(2,3)8-10(9-15)14(7)11(16)17-13(4,5)6/h10,15H,8-9H2,1-7H3.